The number of hydrogen-bond donors (Lipinski definition) is 1. The molecule has 1 heterocycles. The molecular weight excluding hydrogens is 356 g/mol. The SMILES string of the molecule is CC(C)Oc1ccccc1N1C(=O)C(c2ccccc2)=C(N(C)CCO)C1=O. The Kier molecular flexibility index (Phi) is 5.80. The van der Waals surface area contributed by atoms with Crippen molar-refractivity contribution >= 4 is 23.1 Å². The molecule has 1 aliphatic rings. The van der Waals surface area contributed by atoms with Crippen LogP contribution in [0.15, 0.2) is 60.3 Å². The van der Waals surface area contributed by atoms with Crippen molar-refractivity contribution in [3.8, 4) is 5.75 Å². The molecule has 6 heteroatoms. The molecule has 1 aliphatic heterocycles. The van der Waals surface area contributed by atoms with E-state index in [1.807, 2.05) is 32.0 Å². The van der Waals surface area contributed by atoms with Gasteiger partial charge in [0.2, 0.25) is 0 Å². The van der Waals surface area contributed by atoms with Crippen LogP contribution in [0.2, 0.25) is 0 Å². The van der Waals surface area contributed by atoms with Gasteiger partial charge in [0, 0.05) is 13.6 Å². The molecule has 28 heavy (non-hydrogen) atoms. The molecule has 1 N–H and O–H groups in total. The van der Waals surface area contributed by atoms with Crippen LogP contribution in [0.4, 0.5) is 5.69 Å². The molecule has 146 valence electrons. The highest BCUT2D eigenvalue weighted by Crippen LogP contribution is 2.38. The summed E-state index contributed by atoms with van der Waals surface area (Å²) in [5.74, 6) is -0.368. The molecule has 3 rings (SSSR count). The van der Waals surface area contributed by atoms with E-state index >= 15 is 0 Å². The molecule has 0 atom stereocenters. The molecule has 0 aromatic heterocycles. The Morgan fingerprint density at radius 3 is 2.29 bits per heavy atom. The van der Waals surface area contributed by atoms with Crippen molar-refractivity contribution in [2.45, 2.75) is 20.0 Å². The zero-order valence-electron chi connectivity index (χ0n) is 16.3. The standard InChI is InChI=1S/C22H24N2O4/c1-15(2)28-18-12-8-7-11-17(18)24-21(26)19(16-9-5-4-6-10-16)20(22(24)27)23(3)13-14-25/h4-12,15,25H,13-14H2,1-3H3. The summed E-state index contributed by atoms with van der Waals surface area (Å²) < 4.78 is 5.82. The van der Waals surface area contributed by atoms with Crippen LogP contribution in [0, 0.1) is 0 Å². The van der Waals surface area contributed by atoms with Crippen LogP contribution in [0.3, 0.4) is 0 Å². The fourth-order valence-electron chi connectivity index (χ4n) is 3.21. The number of carbonyl (C=O) groups excluding carboxylic acids is 2. The first-order valence-corrected chi connectivity index (χ1v) is 9.21. The third-order valence-electron chi connectivity index (χ3n) is 4.41. The topological polar surface area (TPSA) is 70.1 Å². The van der Waals surface area contributed by atoms with Gasteiger partial charge in [0.15, 0.2) is 0 Å². The summed E-state index contributed by atoms with van der Waals surface area (Å²) in [5.41, 5.74) is 1.66. The molecule has 0 spiro atoms. The molecular formula is C22H24N2O4. The highest BCUT2D eigenvalue weighted by Gasteiger charge is 2.42. The number of likely N-dealkylation sites (N-methyl/N-ethyl adjacent to an activating group) is 1. The number of rotatable bonds is 7. The smallest absolute Gasteiger partial charge is 0.282 e. The summed E-state index contributed by atoms with van der Waals surface area (Å²) in [5, 5.41) is 9.34. The zero-order chi connectivity index (χ0) is 20.3. The van der Waals surface area contributed by atoms with Crippen LogP contribution in [-0.4, -0.2) is 48.1 Å². The van der Waals surface area contributed by atoms with Gasteiger partial charge in [0.1, 0.15) is 11.4 Å². The van der Waals surface area contributed by atoms with Crippen molar-refractivity contribution in [1.29, 1.82) is 0 Å². The number of amides is 2. The van der Waals surface area contributed by atoms with Gasteiger partial charge in [-0.3, -0.25) is 9.59 Å². The fraction of sp³-hybridized carbons (Fsp3) is 0.273. The van der Waals surface area contributed by atoms with Gasteiger partial charge in [-0.1, -0.05) is 42.5 Å². The zero-order valence-corrected chi connectivity index (χ0v) is 16.3. The average molecular weight is 380 g/mol. The van der Waals surface area contributed by atoms with Gasteiger partial charge in [-0.05, 0) is 31.5 Å². The maximum Gasteiger partial charge on any atom is 0.282 e. The van der Waals surface area contributed by atoms with Crippen molar-refractivity contribution in [1.82, 2.24) is 4.90 Å². The van der Waals surface area contributed by atoms with Crippen molar-refractivity contribution in [2.75, 3.05) is 25.1 Å². The first-order valence-electron chi connectivity index (χ1n) is 9.21. The average Bonchev–Trinajstić information content (AvgIpc) is 2.93. The maximum atomic E-state index is 13.4. The molecule has 0 radical (unpaired) electrons. The lowest BCUT2D eigenvalue weighted by atomic mass is 10.0. The summed E-state index contributed by atoms with van der Waals surface area (Å²) >= 11 is 0. The van der Waals surface area contributed by atoms with Gasteiger partial charge in [-0.15, -0.1) is 0 Å². The van der Waals surface area contributed by atoms with E-state index < -0.39 is 11.8 Å². The number of para-hydroxylation sites is 2. The Bertz CT molecular complexity index is 906. The number of aliphatic hydroxyl groups is 1. The van der Waals surface area contributed by atoms with Crippen LogP contribution in [-0.2, 0) is 9.59 Å². The Morgan fingerprint density at radius 2 is 1.64 bits per heavy atom. The van der Waals surface area contributed by atoms with E-state index in [1.165, 1.54) is 0 Å². The lowest BCUT2D eigenvalue weighted by Gasteiger charge is -2.22. The molecule has 0 saturated carbocycles. The number of ether oxygens (including phenoxy) is 1. The van der Waals surface area contributed by atoms with Gasteiger partial charge in [0.25, 0.3) is 11.8 Å². The quantitative estimate of drug-likeness (QED) is 0.748. The number of nitrogens with zero attached hydrogens (tertiary/aromatic N) is 2. The normalized spacial score (nSPS) is 14.2. The number of aliphatic hydroxyl groups excluding tert-OH is 1. The maximum absolute atomic E-state index is 13.4. The second kappa shape index (κ2) is 8.27. The van der Waals surface area contributed by atoms with E-state index in [-0.39, 0.29) is 25.0 Å². The molecule has 2 amide bonds. The largest absolute Gasteiger partial charge is 0.489 e. The lowest BCUT2D eigenvalue weighted by Crippen LogP contribution is -2.35. The molecule has 0 fully saturated rings. The predicted molar refractivity (Wildman–Crippen MR) is 108 cm³/mol. The van der Waals surface area contributed by atoms with Gasteiger partial charge in [0.05, 0.1) is 24.0 Å². The van der Waals surface area contributed by atoms with E-state index in [0.717, 1.165) is 4.90 Å². The predicted octanol–water partition coefficient (Wildman–Crippen LogP) is 2.68. The van der Waals surface area contributed by atoms with Crippen molar-refractivity contribution in [3.63, 3.8) is 0 Å². The highest BCUT2D eigenvalue weighted by atomic mass is 16.5. The lowest BCUT2D eigenvalue weighted by molar-refractivity contribution is -0.120. The first-order chi connectivity index (χ1) is 13.5. The number of imide groups is 1. The van der Waals surface area contributed by atoms with Gasteiger partial charge in [-0.2, -0.15) is 0 Å². The first kappa shape index (κ1) is 19.6. The van der Waals surface area contributed by atoms with Crippen LogP contribution < -0.4 is 9.64 Å². The minimum absolute atomic E-state index is 0.105. The third-order valence-corrected chi connectivity index (χ3v) is 4.41. The van der Waals surface area contributed by atoms with Crippen LogP contribution in [0.1, 0.15) is 19.4 Å². The Labute approximate surface area is 164 Å². The molecule has 0 saturated heterocycles. The summed E-state index contributed by atoms with van der Waals surface area (Å²) in [4.78, 5) is 29.5. The molecule has 0 unspecified atom stereocenters. The Balaban J connectivity index is 2.12. The highest BCUT2D eigenvalue weighted by molar-refractivity contribution is 6.45. The van der Waals surface area contributed by atoms with E-state index in [0.29, 0.717) is 22.6 Å². The number of benzene rings is 2. The number of anilines is 1. The Hall–Kier alpha value is -3.12. The second-order valence-corrected chi connectivity index (χ2v) is 6.81. The monoisotopic (exact) mass is 380 g/mol. The van der Waals surface area contributed by atoms with E-state index in [2.05, 4.69) is 0 Å². The molecule has 6 nitrogen and oxygen atoms in total. The van der Waals surface area contributed by atoms with Crippen LogP contribution >= 0.6 is 0 Å². The minimum Gasteiger partial charge on any atom is -0.489 e. The van der Waals surface area contributed by atoms with Gasteiger partial charge in [-0.25, -0.2) is 4.90 Å². The summed E-state index contributed by atoms with van der Waals surface area (Å²) in [6.07, 6.45) is -0.105. The van der Waals surface area contributed by atoms with Crippen LogP contribution in [0.5, 0.6) is 5.75 Å². The summed E-state index contributed by atoms with van der Waals surface area (Å²) in [6.45, 7) is 3.89. The third kappa shape index (κ3) is 3.64. The summed E-state index contributed by atoms with van der Waals surface area (Å²) in [6, 6.07) is 16.1. The molecule has 0 bridgehead atoms. The van der Waals surface area contributed by atoms with E-state index in [9.17, 15) is 14.7 Å². The minimum atomic E-state index is -0.431. The molecule has 2 aromatic carbocycles. The second-order valence-electron chi connectivity index (χ2n) is 6.81. The molecule has 2 aromatic rings. The van der Waals surface area contributed by atoms with Crippen LogP contribution in [0.25, 0.3) is 5.57 Å². The summed E-state index contributed by atoms with van der Waals surface area (Å²) in [7, 11) is 1.69. The van der Waals surface area contributed by atoms with Gasteiger partial charge < -0.3 is 14.7 Å². The number of carbonyl (C=O) groups is 2. The van der Waals surface area contributed by atoms with Gasteiger partial charge >= 0.3 is 0 Å². The van der Waals surface area contributed by atoms with E-state index in [1.54, 1.807) is 48.3 Å². The Morgan fingerprint density at radius 1 is 1.00 bits per heavy atom. The molecule has 0 aliphatic carbocycles. The van der Waals surface area contributed by atoms with E-state index in [4.69, 9.17) is 4.74 Å². The number of hydrogen-bond acceptors (Lipinski definition) is 5. The van der Waals surface area contributed by atoms with Crippen molar-refractivity contribution in [3.05, 3.63) is 65.9 Å². The fourth-order valence-corrected chi connectivity index (χ4v) is 3.21. The van der Waals surface area contributed by atoms with Crippen molar-refractivity contribution in [2.24, 2.45) is 0 Å². The van der Waals surface area contributed by atoms with Crippen molar-refractivity contribution < 1.29 is 19.4 Å².